The van der Waals surface area contributed by atoms with Gasteiger partial charge in [0, 0.05) is 11.1 Å². The first-order valence-electron chi connectivity index (χ1n) is 8.15. The van der Waals surface area contributed by atoms with E-state index in [0.29, 0.717) is 12.1 Å². The summed E-state index contributed by atoms with van der Waals surface area (Å²) in [6, 6.07) is 3.90. The van der Waals surface area contributed by atoms with Crippen LogP contribution in [0.5, 0.6) is 0 Å². The van der Waals surface area contributed by atoms with Crippen molar-refractivity contribution in [2.45, 2.75) is 18.3 Å². The van der Waals surface area contributed by atoms with Crippen LogP contribution in [0.4, 0.5) is 32.4 Å². The molecule has 2 heterocycles. The molecule has 2 aliphatic heterocycles. The van der Waals surface area contributed by atoms with Gasteiger partial charge >= 0.3 is 12.2 Å². The van der Waals surface area contributed by atoms with E-state index in [4.69, 9.17) is 0 Å². The fourth-order valence-corrected chi connectivity index (χ4v) is 3.45. The molecule has 1 unspecified atom stereocenters. The van der Waals surface area contributed by atoms with E-state index in [1.165, 1.54) is 0 Å². The summed E-state index contributed by atoms with van der Waals surface area (Å²) >= 11 is 0. The molecule has 0 saturated carbocycles. The second-order valence-electron chi connectivity index (χ2n) is 6.51. The molecule has 2 aromatic rings. The number of nitrogens with one attached hydrogen (secondary N) is 2. The fraction of sp³-hybridized carbons (Fsp3) is 0.167. The molecular formula is C18H10F5N3O3. The Morgan fingerprint density at radius 1 is 1.00 bits per heavy atom. The van der Waals surface area contributed by atoms with Crippen molar-refractivity contribution in [2.75, 3.05) is 4.90 Å². The molecule has 0 bridgehead atoms. The molecule has 2 N–H and O–H groups in total. The number of amides is 4. The number of halogens is 5. The van der Waals surface area contributed by atoms with Gasteiger partial charge in [-0.3, -0.25) is 14.9 Å². The van der Waals surface area contributed by atoms with Crippen LogP contribution in [-0.2, 0) is 27.8 Å². The SMILES string of the molecule is O=C1NC(=O)C2(N1)C(=O)N(Cc1ccc(C(F)(F)F)cc1F)c1ccc(F)cc12. The summed E-state index contributed by atoms with van der Waals surface area (Å²) in [6.07, 6.45) is -4.75. The maximum atomic E-state index is 14.3. The van der Waals surface area contributed by atoms with Gasteiger partial charge in [-0.15, -0.1) is 0 Å². The first-order chi connectivity index (χ1) is 13.5. The summed E-state index contributed by atoms with van der Waals surface area (Å²) in [4.78, 5) is 37.9. The average Bonchev–Trinajstić information content (AvgIpc) is 3.05. The number of urea groups is 1. The number of hydrogen-bond acceptors (Lipinski definition) is 3. The van der Waals surface area contributed by atoms with Crippen LogP contribution in [0.3, 0.4) is 0 Å². The summed E-state index contributed by atoms with van der Waals surface area (Å²) in [7, 11) is 0. The highest BCUT2D eigenvalue weighted by Crippen LogP contribution is 2.43. The van der Waals surface area contributed by atoms with E-state index in [2.05, 4.69) is 5.32 Å². The number of benzene rings is 2. The van der Waals surface area contributed by atoms with Gasteiger partial charge in [-0.1, -0.05) is 6.07 Å². The number of carbonyl (C=O) groups excluding carboxylic acids is 3. The summed E-state index contributed by atoms with van der Waals surface area (Å²) < 4.78 is 66.2. The first kappa shape index (κ1) is 18.8. The summed E-state index contributed by atoms with van der Waals surface area (Å²) in [5, 5.41) is 4.07. The lowest BCUT2D eigenvalue weighted by atomic mass is 9.91. The van der Waals surface area contributed by atoms with Crippen molar-refractivity contribution in [3.63, 3.8) is 0 Å². The second kappa shape index (κ2) is 6.00. The molecule has 29 heavy (non-hydrogen) atoms. The molecule has 1 fully saturated rings. The zero-order chi connectivity index (χ0) is 21.1. The van der Waals surface area contributed by atoms with Crippen molar-refractivity contribution >= 4 is 23.5 Å². The van der Waals surface area contributed by atoms with Crippen LogP contribution in [-0.4, -0.2) is 17.8 Å². The third kappa shape index (κ3) is 2.72. The molecule has 150 valence electrons. The number of rotatable bonds is 2. The maximum absolute atomic E-state index is 14.3. The van der Waals surface area contributed by atoms with E-state index in [1.807, 2.05) is 5.32 Å². The van der Waals surface area contributed by atoms with E-state index in [9.17, 15) is 36.3 Å². The monoisotopic (exact) mass is 411 g/mol. The maximum Gasteiger partial charge on any atom is 0.416 e. The van der Waals surface area contributed by atoms with Crippen LogP contribution in [0.15, 0.2) is 36.4 Å². The zero-order valence-electron chi connectivity index (χ0n) is 14.2. The lowest BCUT2D eigenvalue weighted by Crippen LogP contribution is -2.52. The van der Waals surface area contributed by atoms with Gasteiger partial charge in [0.05, 0.1) is 17.8 Å². The Morgan fingerprint density at radius 2 is 1.72 bits per heavy atom. The topological polar surface area (TPSA) is 78.5 Å². The molecule has 0 radical (unpaired) electrons. The van der Waals surface area contributed by atoms with Gasteiger partial charge in [-0.25, -0.2) is 13.6 Å². The highest BCUT2D eigenvalue weighted by atomic mass is 19.4. The number of fused-ring (bicyclic) bond motifs is 2. The number of hydrogen-bond donors (Lipinski definition) is 2. The highest BCUT2D eigenvalue weighted by molar-refractivity contribution is 6.27. The van der Waals surface area contributed by atoms with Crippen LogP contribution in [0, 0.1) is 11.6 Å². The Balaban J connectivity index is 1.78. The second-order valence-corrected chi connectivity index (χ2v) is 6.51. The van der Waals surface area contributed by atoms with Crippen molar-refractivity contribution in [1.82, 2.24) is 10.6 Å². The van der Waals surface area contributed by atoms with Gasteiger partial charge in [0.15, 0.2) is 0 Å². The largest absolute Gasteiger partial charge is 0.416 e. The minimum absolute atomic E-state index is 0.0213. The fourth-order valence-electron chi connectivity index (χ4n) is 3.45. The lowest BCUT2D eigenvalue weighted by molar-refractivity contribution is -0.138. The van der Waals surface area contributed by atoms with Gasteiger partial charge in [0.2, 0.25) is 5.54 Å². The van der Waals surface area contributed by atoms with Gasteiger partial charge < -0.3 is 10.2 Å². The van der Waals surface area contributed by atoms with Crippen molar-refractivity contribution < 1.29 is 36.3 Å². The Kier molecular flexibility index (Phi) is 3.90. The predicted molar refractivity (Wildman–Crippen MR) is 87.3 cm³/mol. The van der Waals surface area contributed by atoms with Gasteiger partial charge in [-0.2, -0.15) is 13.2 Å². The lowest BCUT2D eigenvalue weighted by Gasteiger charge is -2.21. The summed E-state index contributed by atoms with van der Waals surface area (Å²) in [5.74, 6) is -4.01. The van der Waals surface area contributed by atoms with E-state index < -0.39 is 53.3 Å². The average molecular weight is 411 g/mol. The third-order valence-electron chi connectivity index (χ3n) is 4.80. The number of nitrogens with zero attached hydrogens (tertiary/aromatic N) is 1. The van der Waals surface area contributed by atoms with Crippen LogP contribution in [0.25, 0.3) is 0 Å². The molecule has 2 aromatic carbocycles. The summed E-state index contributed by atoms with van der Waals surface area (Å²) in [5.41, 5.74) is -3.82. The molecular weight excluding hydrogens is 401 g/mol. The molecule has 11 heteroatoms. The van der Waals surface area contributed by atoms with Gasteiger partial charge in [0.1, 0.15) is 11.6 Å². The van der Waals surface area contributed by atoms with Crippen molar-refractivity contribution in [1.29, 1.82) is 0 Å². The quantitative estimate of drug-likeness (QED) is 0.453. The molecule has 2 aliphatic rings. The molecule has 1 atom stereocenters. The molecule has 6 nitrogen and oxygen atoms in total. The van der Waals surface area contributed by atoms with E-state index in [-0.39, 0.29) is 16.8 Å². The standard InChI is InChI=1S/C18H10F5N3O3/c19-10-3-4-13-11(6-10)17(14(27)24-16(29)25-17)15(28)26(13)7-8-1-2-9(5-12(8)20)18(21,22)23/h1-6H,7H2,(H2,24,25,27,29). The minimum Gasteiger partial charge on any atom is -0.312 e. The number of alkyl halides is 3. The van der Waals surface area contributed by atoms with E-state index >= 15 is 0 Å². The van der Waals surface area contributed by atoms with Crippen molar-refractivity contribution in [3.8, 4) is 0 Å². The zero-order valence-corrected chi connectivity index (χ0v) is 14.2. The van der Waals surface area contributed by atoms with Crippen LogP contribution in [0.2, 0.25) is 0 Å². The van der Waals surface area contributed by atoms with E-state index in [1.54, 1.807) is 0 Å². The third-order valence-corrected chi connectivity index (χ3v) is 4.80. The van der Waals surface area contributed by atoms with Crippen LogP contribution in [0.1, 0.15) is 16.7 Å². The van der Waals surface area contributed by atoms with Crippen molar-refractivity contribution in [3.05, 3.63) is 64.7 Å². The molecule has 0 aliphatic carbocycles. The van der Waals surface area contributed by atoms with Gasteiger partial charge in [0.25, 0.3) is 11.8 Å². The van der Waals surface area contributed by atoms with Crippen LogP contribution < -0.4 is 15.5 Å². The number of imide groups is 1. The summed E-state index contributed by atoms with van der Waals surface area (Å²) in [6.45, 7) is -0.535. The van der Waals surface area contributed by atoms with Crippen LogP contribution >= 0.6 is 0 Å². The smallest absolute Gasteiger partial charge is 0.312 e. The van der Waals surface area contributed by atoms with E-state index in [0.717, 1.165) is 29.2 Å². The molecule has 4 amide bonds. The molecule has 4 rings (SSSR count). The first-order valence-corrected chi connectivity index (χ1v) is 8.15. The molecule has 1 spiro atoms. The minimum atomic E-state index is -4.75. The highest BCUT2D eigenvalue weighted by Gasteiger charge is 2.61. The Labute approximate surface area is 159 Å². The number of carbonyl (C=O) groups is 3. The van der Waals surface area contributed by atoms with Gasteiger partial charge in [-0.05, 0) is 30.3 Å². The Hall–Kier alpha value is -3.50. The molecule has 1 saturated heterocycles. The number of anilines is 1. The normalized spacial score (nSPS) is 20.9. The van der Waals surface area contributed by atoms with Crippen molar-refractivity contribution in [2.24, 2.45) is 0 Å². The predicted octanol–water partition coefficient (Wildman–Crippen LogP) is 2.57. The Morgan fingerprint density at radius 3 is 2.31 bits per heavy atom. The Bertz CT molecular complexity index is 1080. The molecule has 0 aromatic heterocycles.